The summed E-state index contributed by atoms with van der Waals surface area (Å²) in [6.45, 7) is 1.88. The number of nitrogens with zero attached hydrogens (tertiary/aromatic N) is 5. The molecule has 3 heterocycles. The maximum absolute atomic E-state index is 14.7. The highest BCUT2D eigenvalue weighted by Crippen LogP contribution is 2.27. The van der Waals surface area contributed by atoms with Crippen LogP contribution in [0.4, 0.5) is 20.4 Å². The highest BCUT2D eigenvalue weighted by atomic mass is 19.1. The maximum atomic E-state index is 14.7. The SMILES string of the molecule is CNc1cc(F)cc2c(=O)[nH]nc(Cc3ccc(F)c(C(=O)N4CCN(c5ncccn5)CC4)c3)c12. The fraction of sp³-hybridized carbons (Fsp3) is 0.240. The molecular weight excluding hydrogens is 468 g/mol. The summed E-state index contributed by atoms with van der Waals surface area (Å²) in [6, 6.07) is 8.50. The molecule has 36 heavy (non-hydrogen) atoms. The standard InChI is InChI=1S/C25H23F2N7O2/c1-28-20-14-16(26)13-18-22(20)21(31-32-23(18)35)12-15-3-4-19(27)17(11-15)24(36)33-7-9-34(10-8-33)25-29-5-2-6-30-25/h2-6,11,13-14,28H,7-10,12H2,1H3,(H,32,35). The van der Waals surface area contributed by atoms with E-state index in [9.17, 15) is 18.4 Å². The Bertz CT molecular complexity index is 1490. The number of carbonyl (C=O) groups is 1. The van der Waals surface area contributed by atoms with E-state index < -0.39 is 23.1 Å². The van der Waals surface area contributed by atoms with Crippen LogP contribution in [0.3, 0.4) is 0 Å². The minimum absolute atomic E-state index is 0.0366. The van der Waals surface area contributed by atoms with E-state index in [4.69, 9.17) is 0 Å². The fourth-order valence-corrected chi connectivity index (χ4v) is 4.43. The number of hydrogen-bond acceptors (Lipinski definition) is 7. The highest BCUT2D eigenvalue weighted by molar-refractivity contribution is 5.96. The van der Waals surface area contributed by atoms with E-state index in [-0.39, 0.29) is 17.4 Å². The first-order valence-corrected chi connectivity index (χ1v) is 11.4. The highest BCUT2D eigenvalue weighted by Gasteiger charge is 2.25. The summed E-state index contributed by atoms with van der Waals surface area (Å²) >= 11 is 0. The van der Waals surface area contributed by atoms with E-state index >= 15 is 0 Å². The van der Waals surface area contributed by atoms with Crippen molar-refractivity contribution in [3.8, 4) is 0 Å². The summed E-state index contributed by atoms with van der Waals surface area (Å²) in [5.74, 6) is -0.975. The molecule has 0 unspecified atom stereocenters. The van der Waals surface area contributed by atoms with Gasteiger partial charge in [0.05, 0.1) is 16.6 Å². The van der Waals surface area contributed by atoms with E-state index in [1.807, 2.05) is 4.90 Å². The van der Waals surface area contributed by atoms with Crippen molar-refractivity contribution >= 4 is 28.3 Å². The second-order valence-corrected chi connectivity index (χ2v) is 8.44. The Kier molecular flexibility index (Phi) is 6.28. The van der Waals surface area contributed by atoms with Crippen molar-refractivity contribution in [3.63, 3.8) is 0 Å². The summed E-state index contributed by atoms with van der Waals surface area (Å²) in [7, 11) is 1.62. The largest absolute Gasteiger partial charge is 0.387 e. The van der Waals surface area contributed by atoms with Gasteiger partial charge in [0.2, 0.25) is 5.95 Å². The molecule has 4 aromatic rings. The molecular formula is C25H23F2N7O2. The van der Waals surface area contributed by atoms with Gasteiger partial charge in [0.1, 0.15) is 11.6 Å². The topological polar surface area (TPSA) is 107 Å². The van der Waals surface area contributed by atoms with Gasteiger partial charge in [-0.05, 0) is 35.9 Å². The van der Waals surface area contributed by atoms with Crippen LogP contribution in [0.5, 0.6) is 0 Å². The number of nitrogens with one attached hydrogen (secondary N) is 2. The number of H-pyrrole nitrogens is 1. The van der Waals surface area contributed by atoms with Gasteiger partial charge in [0.15, 0.2) is 0 Å². The molecule has 1 saturated heterocycles. The van der Waals surface area contributed by atoms with Crippen LogP contribution in [0.2, 0.25) is 0 Å². The van der Waals surface area contributed by atoms with Gasteiger partial charge in [-0.2, -0.15) is 5.10 Å². The Morgan fingerprint density at radius 1 is 1.08 bits per heavy atom. The molecule has 1 aliphatic heterocycles. The molecule has 1 amide bonds. The van der Waals surface area contributed by atoms with Crippen LogP contribution >= 0.6 is 0 Å². The number of piperazine rings is 1. The number of halogens is 2. The van der Waals surface area contributed by atoms with Crippen molar-refractivity contribution in [2.75, 3.05) is 43.4 Å². The molecule has 0 radical (unpaired) electrons. The van der Waals surface area contributed by atoms with Gasteiger partial charge >= 0.3 is 0 Å². The van der Waals surface area contributed by atoms with E-state index in [2.05, 4.69) is 25.5 Å². The number of amides is 1. The number of carbonyl (C=O) groups excluding carboxylic acids is 1. The zero-order chi connectivity index (χ0) is 25.2. The third kappa shape index (κ3) is 4.47. The van der Waals surface area contributed by atoms with Crippen LogP contribution in [0, 0.1) is 11.6 Å². The molecule has 1 aliphatic rings. The van der Waals surface area contributed by atoms with Crippen molar-refractivity contribution in [2.24, 2.45) is 0 Å². The lowest BCUT2D eigenvalue weighted by molar-refractivity contribution is 0.0741. The van der Waals surface area contributed by atoms with Gasteiger partial charge in [-0.15, -0.1) is 0 Å². The molecule has 0 saturated carbocycles. The normalized spacial score (nSPS) is 13.8. The molecule has 2 N–H and O–H groups in total. The van der Waals surface area contributed by atoms with Crippen LogP contribution < -0.4 is 15.8 Å². The average molecular weight is 492 g/mol. The van der Waals surface area contributed by atoms with Crippen molar-refractivity contribution in [1.82, 2.24) is 25.1 Å². The predicted octanol–water partition coefficient (Wildman–Crippen LogP) is 2.59. The predicted molar refractivity (Wildman–Crippen MR) is 131 cm³/mol. The quantitative estimate of drug-likeness (QED) is 0.442. The molecule has 9 nitrogen and oxygen atoms in total. The maximum Gasteiger partial charge on any atom is 0.272 e. The van der Waals surface area contributed by atoms with Gasteiger partial charge in [0.25, 0.3) is 11.5 Å². The lowest BCUT2D eigenvalue weighted by Gasteiger charge is -2.34. The summed E-state index contributed by atoms with van der Waals surface area (Å²) in [4.78, 5) is 37.5. The molecule has 1 fully saturated rings. The molecule has 0 atom stereocenters. The molecule has 11 heteroatoms. The second kappa shape index (κ2) is 9.68. The van der Waals surface area contributed by atoms with Crippen molar-refractivity contribution in [2.45, 2.75) is 6.42 Å². The first kappa shape index (κ1) is 23.3. The monoisotopic (exact) mass is 491 g/mol. The Morgan fingerprint density at radius 2 is 1.83 bits per heavy atom. The van der Waals surface area contributed by atoms with Gasteiger partial charge < -0.3 is 15.1 Å². The number of anilines is 2. The molecule has 0 bridgehead atoms. The van der Waals surface area contributed by atoms with Gasteiger partial charge in [-0.25, -0.2) is 23.8 Å². The van der Waals surface area contributed by atoms with Crippen LogP contribution in [-0.2, 0) is 6.42 Å². The van der Waals surface area contributed by atoms with E-state index in [0.29, 0.717) is 54.5 Å². The zero-order valence-corrected chi connectivity index (χ0v) is 19.5. The molecule has 2 aromatic carbocycles. The summed E-state index contributed by atoms with van der Waals surface area (Å²) < 4.78 is 28.7. The Balaban J connectivity index is 1.39. The Morgan fingerprint density at radius 3 is 2.56 bits per heavy atom. The van der Waals surface area contributed by atoms with E-state index in [0.717, 1.165) is 6.07 Å². The third-order valence-electron chi connectivity index (χ3n) is 6.23. The summed E-state index contributed by atoms with van der Waals surface area (Å²) in [5.41, 5.74) is 0.960. The minimum atomic E-state index is -0.616. The number of aromatic amines is 1. The van der Waals surface area contributed by atoms with Gasteiger partial charge in [-0.1, -0.05) is 6.07 Å². The van der Waals surface area contributed by atoms with Crippen LogP contribution in [-0.4, -0.2) is 64.2 Å². The molecule has 5 rings (SSSR count). The van der Waals surface area contributed by atoms with Gasteiger partial charge in [0, 0.05) is 63.1 Å². The van der Waals surface area contributed by atoms with Crippen molar-refractivity contribution in [3.05, 3.63) is 87.6 Å². The smallest absolute Gasteiger partial charge is 0.272 e. The third-order valence-corrected chi connectivity index (χ3v) is 6.23. The number of rotatable bonds is 5. The molecule has 0 spiro atoms. The minimum Gasteiger partial charge on any atom is -0.387 e. The van der Waals surface area contributed by atoms with Crippen LogP contribution in [0.25, 0.3) is 10.8 Å². The average Bonchev–Trinajstić information content (AvgIpc) is 2.91. The second-order valence-electron chi connectivity index (χ2n) is 8.44. The lowest BCUT2D eigenvalue weighted by Crippen LogP contribution is -2.49. The Hall–Kier alpha value is -4.41. The molecule has 2 aromatic heterocycles. The number of benzene rings is 2. The number of hydrogen-bond donors (Lipinski definition) is 2. The summed E-state index contributed by atoms with van der Waals surface area (Å²) in [6.07, 6.45) is 3.53. The van der Waals surface area contributed by atoms with E-state index in [1.54, 1.807) is 36.5 Å². The van der Waals surface area contributed by atoms with E-state index in [1.165, 1.54) is 18.2 Å². The van der Waals surface area contributed by atoms with Gasteiger partial charge in [-0.3, -0.25) is 9.59 Å². The van der Waals surface area contributed by atoms with Crippen LogP contribution in [0.1, 0.15) is 21.6 Å². The zero-order valence-electron chi connectivity index (χ0n) is 19.5. The number of fused-ring (bicyclic) bond motifs is 1. The molecule has 184 valence electrons. The van der Waals surface area contributed by atoms with Crippen LogP contribution in [0.15, 0.2) is 53.6 Å². The first-order valence-electron chi connectivity index (χ1n) is 11.4. The summed E-state index contributed by atoms with van der Waals surface area (Å²) in [5, 5.41) is 10.1. The van der Waals surface area contributed by atoms with Crippen molar-refractivity contribution in [1.29, 1.82) is 0 Å². The fourth-order valence-electron chi connectivity index (χ4n) is 4.43. The lowest BCUT2D eigenvalue weighted by atomic mass is 10.0. The number of aromatic nitrogens is 4. The molecule has 0 aliphatic carbocycles. The Labute approximate surface area is 204 Å². The van der Waals surface area contributed by atoms with Crippen molar-refractivity contribution < 1.29 is 13.6 Å². The first-order chi connectivity index (χ1) is 17.4.